The molecule has 0 amide bonds. The number of hydrogen-bond acceptors (Lipinski definition) is 3. The van der Waals surface area contributed by atoms with Crippen molar-refractivity contribution in [2.45, 2.75) is 9.79 Å². The molecule has 0 aliphatic rings. The van der Waals surface area contributed by atoms with Crippen molar-refractivity contribution in [3.8, 4) is 0 Å². The first kappa shape index (κ1) is 12.5. The van der Waals surface area contributed by atoms with E-state index in [1.165, 1.54) is 6.20 Å². The standard InChI is InChI=1S/C12H9F2N3S/c13-7-3-4-8(14)10(6-7)18-9-2-1-5-17-11(9)12(15)16/h1-6H,(H3,15,16). The maximum Gasteiger partial charge on any atom is 0.142 e. The Morgan fingerprint density at radius 1 is 1.22 bits per heavy atom. The highest BCUT2D eigenvalue weighted by Crippen LogP contribution is 2.31. The summed E-state index contributed by atoms with van der Waals surface area (Å²) < 4.78 is 26.5. The molecule has 92 valence electrons. The molecule has 3 N–H and O–H groups in total. The highest BCUT2D eigenvalue weighted by molar-refractivity contribution is 7.99. The molecule has 6 heteroatoms. The van der Waals surface area contributed by atoms with Crippen molar-refractivity contribution in [3.63, 3.8) is 0 Å². The van der Waals surface area contributed by atoms with Crippen LogP contribution in [-0.2, 0) is 0 Å². The third-order valence-electron chi connectivity index (χ3n) is 2.14. The molecule has 2 rings (SSSR count). The number of rotatable bonds is 3. The van der Waals surface area contributed by atoms with E-state index in [4.69, 9.17) is 11.1 Å². The van der Waals surface area contributed by atoms with Crippen LogP contribution >= 0.6 is 11.8 Å². The molecule has 1 aromatic heterocycles. The number of aromatic nitrogens is 1. The van der Waals surface area contributed by atoms with Gasteiger partial charge in [-0.2, -0.15) is 0 Å². The van der Waals surface area contributed by atoms with Gasteiger partial charge in [-0.15, -0.1) is 0 Å². The molecule has 1 heterocycles. The SMILES string of the molecule is N=C(N)c1ncccc1Sc1cc(F)ccc1F. The van der Waals surface area contributed by atoms with Gasteiger partial charge < -0.3 is 5.73 Å². The van der Waals surface area contributed by atoms with E-state index in [0.717, 1.165) is 30.0 Å². The molecule has 1 aromatic carbocycles. The maximum absolute atomic E-state index is 13.5. The van der Waals surface area contributed by atoms with Crippen LogP contribution in [0.2, 0.25) is 0 Å². The van der Waals surface area contributed by atoms with Crippen LogP contribution in [0.5, 0.6) is 0 Å². The van der Waals surface area contributed by atoms with Crippen molar-refractivity contribution in [2.24, 2.45) is 5.73 Å². The fourth-order valence-electron chi connectivity index (χ4n) is 1.35. The van der Waals surface area contributed by atoms with Gasteiger partial charge in [0.15, 0.2) is 0 Å². The Morgan fingerprint density at radius 2 is 2.00 bits per heavy atom. The first-order valence-corrected chi connectivity index (χ1v) is 5.82. The topological polar surface area (TPSA) is 62.8 Å². The van der Waals surface area contributed by atoms with Crippen molar-refractivity contribution in [2.75, 3.05) is 0 Å². The van der Waals surface area contributed by atoms with Crippen molar-refractivity contribution >= 4 is 17.6 Å². The summed E-state index contributed by atoms with van der Waals surface area (Å²) in [5, 5.41) is 7.37. The maximum atomic E-state index is 13.5. The fraction of sp³-hybridized carbons (Fsp3) is 0. The van der Waals surface area contributed by atoms with Crippen LogP contribution in [0, 0.1) is 17.0 Å². The summed E-state index contributed by atoms with van der Waals surface area (Å²) in [5.74, 6) is -1.26. The zero-order valence-corrected chi connectivity index (χ0v) is 9.97. The second-order valence-electron chi connectivity index (χ2n) is 3.44. The lowest BCUT2D eigenvalue weighted by molar-refractivity contribution is 0.577. The van der Waals surface area contributed by atoms with Gasteiger partial charge in [0.2, 0.25) is 0 Å². The molecule has 0 aliphatic carbocycles. The molecule has 0 saturated heterocycles. The first-order chi connectivity index (χ1) is 8.58. The lowest BCUT2D eigenvalue weighted by Gasteiger charge is -2.07. The van der Waals surface area contributed by atoms with Crippen LogP contribution in [0.4, 0.5) is 8.78 Å². The summed E-state index contributed by atoms with van der Waals surface area (Å²) in [6.45, 7) is 0. The van der Waals surface area contributed by atoms with Gasteiger partial charge in [-0.3, -0.25) is 10.4 Å². The highest BCUT2D eigenvalue weighted by atomic mass is 32.2. The van der Waals surface area contributed by atoms with Crippen molar-refractivity contribution in [1.82, 2.24) is 4.98 Å². The molecule has 0 aliphatic heterocycles. The Kier molecular flexibility index (Phi) is 3.57. The fourth-order valence-corrected chi connectivity index (χ4v) is 2.33. The zero-order chi connectivity index (χ0) is 13.1. The summed E-state index contributed by atoms with van der Waals surface area (Å²) in [4.78, 5) is 4.58. The van der Waals surface area contributed by atoms with Crippen LogP contribution in [0.25, 0.3) is 0 Å². The molecular weight excluding hydrogens is 256 g/mol. The molecule has 0 atom stereocenters. The second-order valence-corrected chi connectivity index (χ2v) is 4.52. The Hall–Kier alpha value is -1.95. The van der Waals surface area contributed by atoms with E-state index in [-0.39, 0.29) is 16.4 Å². The number of nitrogens with zero attached hydrogens (tertiary/aromatic N) is 1. The van der Waals surface area contributed by atoms with E-state index in [1.807, 2.05) is 0 Å². The third kappa shape index (κ3) is 2.65. The van der Waals surface area contributed by atoms with Crippen LogP contribution in [0.1, 0.15) is 5.69 Å². The number of pyridine rings is 1. The van der Waals surface area contributed by atoms with Gasteiger partial charge in [-0.1, -0.05) is 11.8 Å². The molecule has 0 fully saturated rings. The molecule has 0 bridgehead atoms. The quantitative estimate of drug-likeness (QED) is 0.662. The monoisotopic (exact) mass is 265 g/mol. The number of nitrogen functional groups attached to an aromatic ring is 1. The zero-order valence-electron chi connectivity index (χ0n) is 9.15. The molecule has 0 saturated carbocycles. The predicted molar refractivity (Wildman–Crippen MR) is 65.7 cm³/mol. The van der Waals surface area contributed by atoms with Gasteiger partial charge in [0.1, 0.15) is 23.2 Å². The minimum absolute atomic E-state index is 0.130. The number of benzene rings is 1. The molecule has 18 heavy (non-hydrogen) atoms. The number of amidine groups is 1. The summed E-state index contributed by atoms with van der Waals surface area (Å²) >= 11 is 0.985. The van der Waals surface area contributed by atoms with Gasteiger partial charge in [-0.05, 0) is 30.3 Å². The van der Waals surface area contributed by atoms with E-state index >= 15 is 0 Å². The largest absolute Gasteiger partial charge is 0.382 e. The summed E-state index contributed by atoms with van der Waals surface area (Å²) in [6, 6.07) is 6.50. The van der Waals surface area contributed by atoms with Crippen molar-refractivity contribution in [3.05, 3.63) is 53.9 Å². The van der Waals surface area contributed by atoms with Gasteiger partial charge in [0.05, 0.1) is 4.90 Å². The molecule has 0 radical (unpaired) electrons. The summed E-state index contributed by atoms with van der Waals surface area (Å²) in [5.41, 5.74) is 5.63. The Bertz CT molecular complexity index is 602. The summed E-state index contributed by atoms with van der Waals surface area (Å²) in [6.07, 6.45) is 1.49. The van der Waals surface area contributed by atoms with E-state index in [2.05, 4.69) is 4.98 Å². The van der Waals surface area contributed by atoms with Crippen LogP contribution in [-0.4, -0.2) is 10.8 Å². The minimum atomic E-state index is -0.528. The number of hydrogen-bond donors (Lipinski definition) is 2. The Morgan fingerprint density at radius 3 is 2.72 bits per heavy atom. The normalized spacial score (nSPS) is 10.3. The molecular formula is C12H9F2N3S. The van der Waals surface area contributed by atoms with Crippen molar-refractivity contribution in [1.29, 1.82) is 5.41 Å². The molecule has 0 spiro atoms. The van der Waals surface area contributed by atoms with Crippen LogP contribution in [0.3, 0.4) is 0 Å². The number of nitrogens with one attached hydrogen (secondary N) is 1. The van der Waals surface area contributed by atoms with Crippen LogP contribution in [0.15, 0.2) is 46.3 Å². The second kappa shape index (κ2) is 5.14. The lowest BCUT2D eigenvalue weighted by Crippen LogP contribution is -2.14. The number of nitrogens with two attached hydrogens (primary N) is 1. The molecule has 0 unspecified atom stereocenters. The predicted octanol–water partition coefficient (Wildman–Crippen LogP) is 2.80. The Labute approximate surface area is 107 Å². The van der Waals surface area contributed by atoms with Gasteiger partial charge in [0, 0.05) is 11.1 Å². The van der Waals surface area contributed by atoms with Crippen molar-refractivity contribution < 1.29 is 8.78 Å². The Balaban J connectivity index is 2.40. The highest BCUT2D eigenvalue weighted by Gasteiger charge is 2.11. The first-order valence-electron chi connectivity index (χ1n) is 5.00. The van der Waals surface area contributed by atoms with Gasteiger partial charge in [-0.25, -0.2) is 8.78 Å². The average molecular weight is 265 g/mol. The van der Waals surface area contributed by atoms with E-state index in [9.17, 15) is 8.78 Å². The minimum Gasteiger partial charge on any atom is -0.382 e. The van der Waals surface area contributed by atoms with E-state index < -0.39 is 11.6 Å². The molecule has 2 aromatic rings. The number of halogens is 2. The molecule has 3 nitrogen and oxygen atoms in total. The van der Waals surface area contributed by atoms with Gasteiger partial charge in [0.25, 0.3) is 0 Å². The third-order valence-corrected chi connectivity index (χ3v) is 3.22. The smallest absolute Gasteiger partial charge is 0.142 e. The average Bonchev–Trinajstić information content (AvgIpc) is 2.34. The van der Waals surface area contributed by atoms with Crippen LogP contribution < -0.4 is 5.73 Å². The summed E-state index contributed by atoms with van der Waals surface area (Å²) in [7, 11) is 0. The van der Waals surface area contributed by atoms with E-state index in [0.29, 0.717) is 4.90 Å². The van der Waals surface area contributed by atoms with Gasteiger partial charge >= 0.3 is 0 Å². The lowest BCUT2D eigenvalue weighted by atomic mass is 10.3. The van der Waals surface area contributed by atoms with E-state index in [1.54, 1.807) is 12.1 Å².